The Balaban J connectivity index is 1.60. The van der Waals surface area contributed by atoms with E-state index in [2.05, 4.69) is 10.4 Å². The summed E-state index contributed by atoms with van der Waals surface area (Å²) in [5, 5.41) is 7.02. The molecule has 0 aliphatic carbocycles. The van der Waals surface area contributed by atoms with E-state index in [9.17, 15) is 14.4 Å². The monoisotopic (exact) mass is 398 g/mol. The summed E-state index contributed by atoms with van der Waals surface area (Å²) in [6, 6.07) is 7.55. The molecular formula is C21H26N4O4. The molecule has 2 heterocycles. The molecule has 29 heavy (non-hydrogen) atoms. The topological polar surface area (TPSA) is 93.5 Å². The number of rotatable bonds is 5. The molecule has 1 aliphatic heterocycles. The molecule has 0 spiro atoms. The molecule has 0 unspecified atom stereocenters. The highest BCUT2D eigenvalue weighted by Gasteiger charge is 2.37. The van der Waals surface area contributed by atoms with Crippen molar-refractivity contribution >= 4 is 29.2 Å². The van der Waals surface area contributed by atoms with Gasteiger partial charge in [-0.2, -0.15) is 5.10 Å². The molecule has 1 saturated heterocycles. The Morgan fingerprint density at radius 1 is 1.21 bits per heavy atom. The smallest absolute Gasteiger partial charge is 0.312 e. The van der Waals surface area contributed by atoms with E-state index in [-0.39, 0.29) is 18.9 Å². The van der Waals surface area contributed by atoms with Crippen LogP contribution in [0.3, 0.4) is 0 Å². The van der Waals surface area contributed by atoms with Crippen LogP contribution in [0.15, 0.2) is 24.3 Å². The summed E-state index contributed by atoms with van der Waals surface area (Å²) < 4.78 is 7.02. The molecule has 1 aromatic heterocycles. The SMILES string of the molecule is Cc1ccc(N2C[C@H](C(=O)O[C@H](C)C(=O)Nc3c(C)nn(C)c3C)CC2=O)cc1. The molecule has 1 N–H and O–H groups in total. The van der Waals surface area contributed by atoms with Crippen LogP contribution >= 0.6 is 0 Å². The van der Waals surface area contributed by atoms with Gasteiger partial charge in [0.25, 0.3) is 5.91 Å². The van der Waals surface area contributed by atoms with Gasteiger partial charge in [0.2, 0.25) is 5.91 Å². The van der Waals surface area contributed by atoms with Crippen molar-refractivity contribution in [1.82, 2.24) is 9.78 Å². The van der Waals surface area contributed by atoms with Gasteiger partial charge in [-0.1, -0.05) is 17.7 Å². The Hall–Kier alpha value is -3.16. The van der Waals surface area contributed by atoms with Gasteiger partial charge in [-0.15, -0.1) is 0 Å². The molecule has 8 heteroatoms. The van der Waals surface area contributed by atoms with Crippen molar-refractivity contribution in [2.75, 3.05) is 16.8 Å². The number of nitrogens with zero attached hydrogens (tertiary/aromatic N) is 3. The number of nitrogens with one attached hydrogen (secondary N) is 1. The maximum absolute atomic E-state index is 12.5. The van der Waals surface area contributed by atoms with Gasteiger partial charge in [0.15, 0.2) is 6.10 Å². The van der Waals surface area contributed by atoms with Crippen LogP contribution in [0.2, 0.25) is 0 Å². The summed E-state index contributed by atoms with van der Waals surface area (Å²) in [6.45, 7) is 7.37. The van der Waals surface area contributed by atoms with Crippen LogP contribution < -0.4 is 10.2 Å². The first-order valence-corrected chi connectivity index (χ1v) is 9.56. The van der Waals surface area contributed by atoms with Crippen LogP contribution in [0, 0.1) is 26.7 Å². The molecule has 3 rings (SSSR count). The third-order valence-corrected chi connectivity index (χ3v) is 5.22. The van der Waals surface area contributed by atoms with Crippen LogP contribution in [0.1, 0.15) is 30.3 Å². The number of aryl methyl sites for hydroxylation is 3. The molecule has 8 nitrogen and oxygen atoms in total. The maximum Gasteiger partial charge on any atom is 0.312 e. The van der Waals surface area contributed by atoms with E-state index in [1.807, 2.05) is 38.1 Å². The number of aromatic nitrogens is 2. The molecular weight excluding hydrogens is 372 g/mol. The fourth-order valence-corrected chi connectivity index (χ4v) is 3.34. The number of amides is 2. The molecule has 0 bridgehead atoms. The highest BCUT2D eigenvalue weighted by atomic mass is 16.5. The number of hydrogen-bond acceptors (Lipinski definition) is 5. The van der Waals surface area contributed by atoms with Crippen LogP contribution in [-0.4, -0.2) is 40.2 Å². The average molecular weight is 398 g/mol. The number of carbonyl (C=O) groups is 3. The van der Waals surface area contributed by atoms with Crippen molar-refractivity contribution in [1.29, 1.82) is 0 Å². The van der Waals surface area contributed by atoms with Crippen LogP contribution in [-0.2, 0) is 26.2 Å². The van der Waals surface area contributed by atoms with Crippen molar-refractivity contribution in [3.05, 3.63) is 41.2 Å². The summed E-state index contributed by atoms with van der Waals surface area (Å²) >= 11 is 0. The van der Waals surface area contributed by atoms with E-state index < -0.39 is 23.9 Å². The van der Waals surface area contributed by atoms with Gasteiger partial charge in [-0.3, -0.25) is 19.1 Å². The molecule has 0 radical (unpaired) electrons. The average Bonchev–Trinajstić information content (AvgIpc) is 3.17. The first-order chi connectivity index (χ1) is 13.7. The Morgan fingerprint density at radius 2 is 1.86 bits per heavy atom. The molecule has 2 atom stereocenters. The van der Waals surface area contributed by atoms with Crippen LogP contribution in [0.4, 0.5) is 11.4 Å². The minimum absolute atomic E-state index is 0.0713. The van der Waals surface area contributed by atoms with E-state index >= 15 is 0 Å². The largest absolute Gasteiger partial charge is 0.452 e. The lowest BCUT2D eigenvalue weighted by Crippen LogP contribution is -2.33. The van der Waals surface area contributed by atoms with Gasteiger partial charge >= 0.3 is 5.97 Å². The summed E-state index contributed by atoms with van der Waals surface area (Å²) in [5.74, 6) is -1.71. The molecule has 1 aliphatic rings. The lowest BCUT2D eigenvalue weighted by atomic mass is 10.1. The number of anilines is 2. The van der Waals surface area contributed by atoms with Gasteiger partial charge in [-0.05, 0) is 39.8 Å². The van der Waals surface area contributed by atoms with Gasteiger partial charge < -0.3 is 15.0 Å². The Bertz CT molecular complexity index is 948. The second kappa shape index (κ2) is 8.06. The van der Waals surface area contributed by atoms with Crippen LogP contribution in [0.25, 0.3) is 0 Å². The van der Waals surface area contributed by atoms with Gasteiger partial charge in [-0.25, -0.2) is 0 Å². The van der Waals surface area contributed by atoms with E-state index in [1.165, 1.54) is 6.92 Å². The highest BCUT2D eigenvalue weighted by molar-refractivity contribution is 6.00. The van der Waals surface area contributed by atoms with Crippen molar-refractivity contribution < 1.29 is 19.1 Å². The maximum atomic E-state index is 12.5. The standard InChI is InChI=1S/C21H26N4O4/c1-12-6-8-17(9-7-12)25-11-16(10-18(25)26)21(28)29-15(4)20(27)22-19-13(2)23-24(5)14(19)3/h6-9,15-16H,10-11H2,1-5H3,(H,22,27)/t15-,16-/m1/s1. The zero-order chi connectivity index (χ0) is 21.3. The van der Waals surface area contributed by atoms with Gasteiger partial charge in [0.05, 0.1) is 23.0 Å². The fourth-order valence-electron chi connectivity index (χ4n) is 3.34. The Labute approximate surface area is 169 Å². The second-order valence-electron chi connectivity index (χ2n) is 7.48. The number of benzene rings is 1. The van der Waals surface area contributed by atoms with E-state index in [0.717, 1.165) is 16.9 Å². The lowest BCUT2D eigenvalue weighted by Gasteiger charge is -2.18. The van der Waals surface area contributed by atoms with Crippen molar-refractivity contribution in [3.63, 3.8) is 0 Å². The first kappa shape index (κ1) is 20.6. The third kappa shape index (κ3) is 4.31. The quantitative estimate of drug-likeness (QED) is 0.780. The minimum atomic E-state index is -0.981. The van der Waals surface area contributed by atoms with E-state index in [1.54, 1.807) is 23.6 Å². The zero-order valence-electron chi connectivity index (χ0n) is 17.4. The summed E-state index contributed by atoms with van der Waals surface area (Å²) in [6.07, 6.45) is -0.910. The normalized spacial score (nSPS) is 17.3. The Kier molecular flexibility index (Phi) is 5.72. The van der Waals surface area contributed by atoms with Crippen molar-refractivity contribution in [2.45, 2.75) is 40.2 Å². The number of ether oxygens (including phenoxy) is 1. The van der Waals surface area contributed by atoms with Crippen molar-refractivity contribution in [2.24, 2.45) is 13.0 Å². The zero-order valence-corrected chi connectivity index (χ0v) is 17.4. The van der Waals surface area contributed by atoms with Gasteiger partial charge in [0.1, 0.15) is 0 Å². The summed E-state index contributed by atoms with van der Waals surface area (Å²) in [4.78, 5) is 38.9. The predicted molar refractivity (Wildman–Crippen MR) is 109 cm³/mol. The predicted octanol–water partition coefficient (Wildman–Crippen LogP) is 2.27. The molecule has 2 amide bonds. The first-order valence-electron chi connectivity index (χ1n) is 9.56. The second-order valence-corrected chi connectivity index (χ2v) is 7.48. The summed E-state index contributed by atoms with van der Waals surface area (Å²) in [7, 11) is 1.79. The number of esters is 1. The van der Waals surface area contributed by atoms with E-state index in [4.69, 9.17) is 4.74 Å². The van der Waals surface area contributed by atoms with Crippen LogP contribution in [0.5, 0.6) is 0 Å². The Morgan fingerprint density at radius 3 is 2.45 bits per heavy atom. The fraction of sp³-hybridized carbons (Fsp3) is 0.429. The minimum Gasteiger partial charge on any atom is -0.452 e. The molecule has 1 aromatic carbocycles. The number of carbonyl (C=O) groups excluding carboxylic acids is 3. The summed E-state index contributed by atoms with van der Waals surface area (Å²) in [5.41, 5.74) is 3.96. The lowest BCUT2D eigenvalue weighted by molar-refractivity contribution is -0.157. The van der Waals surface area contributed by atoms with E-state index in [0.29, 0.717) is 11.4 Å². The number of hydrogen-bond donors (Lipinski definition) is 1. The third-order valence-electron chi connectivity index (χ3n) is 5.22. The molecule has 154 valence electrons. The van der Waals surface area contributed by atoms with Crippen molar-refractivity contribution in [3.8, 4) is 0 Å². The molecule has 0 saturated carbocycles. The highest BCUT2D eigenvalue weighted by Crippen LogP contribution is 2.26. The molecule has 2 aromatic rings. The van der Waals surface area contributed by atoms with Gasteiger partial charge in [0, 0.05) is 25.7 Å². The molecule has 1 fully saturated rings.